The van der Waals surface area contributed by atoms with Crippen molar-refractivity contribution in [2.45, 2.75) is 51.9 Å². The van der Waals surface area contributed by atoms with E-state index in [1.807, 2.05) is 0 Å². The summed E-state index contributed by atoms with van der Waals surface area (Å²) < 4.78 is 0. The fraction of sp³-hybridized carbons (Fsp3) is 0.611. The zero-order valence-electron chi connectivity index (χ0n) is 13.0. The first-order valence-corrected chi connectivity index (χ1v) is 7.77. The minimum Gasteiger partial charge on any atom is -0.317 e. The molecule has 1 saturated heterocycles. The maximum atomic E-state index is 12.1. The van der Waals surface area contributed by atoms with Crippen LogP contribution in [0.15, 0.2) is 24.3 Å². The topological polar surface area (TPSA) is 29.1 Å². The number of hydrogen-bond donors (Lipinski definition) is 1. The molecule has 0 amide bonds. The van der Waals surface area contributed by atoms with Crippen molar-refractivity contribution in [3.05, 3.63) is 35.4 Å². The highest BCUT2D eigenvalue weighted by atomic mass is 16.1. The van der Waals surface area contributed by atoms with Crippen LogP contribution >= 0.6 is 0 Å². The molecule has 0 aliphatic carbocycles. The summed E-state index contributed by atoms with van der Waals surface area (Å²) in [7, 11) is 0. The molecule has 1 fully saturated rings. The first kappa shape index (κ1) is 15.2. The molecule has 0 aromatic heterocycles. The van der Waals surface area contributed by atoms with E-state index in [9.17, 15) is 4.79 Å². The molecule has 1 heterocycles. The van der Waals surface area contributed by atoms with Crippen molar-refractivity contribution in [2.75, 3.05) is 13.1 Å². The summed E-state index contributed by atoms with van der Waals surface area (Å²) in [6.45, 7) is 8.77. The molecular weight excluding hydrogens is 246 g/mol. The van der Waals surface area contributed by atoms with Gasteiger partial charge < -0.3 is 5.32 Å². The maximum absolute atomic E-state index is 12.1. The lowest BCUT2D eigenvalue weighted by Gasteiger charge is -2.22. The van der Waals surface area contributed by atoms with Crippen LogP contribution in [0.25, 0.3) is 0 Å². The standard InChI is InChI=1S/C18H27NO/c1-18(2,3)16-6-4-14(5-7-16)12-17(20)13-15-8-10-19-11-9-15/h4-7,15,19H,8-13H2,1-3H3. The molecule has 2 nitrogen and oxygen atoms in total. The largest absolute Gasteiger partial charge is 0.317 e. The smallest absolute Gasteiger partial charge is 0.137 e. The molecule has 1 aromatic carbocycles. The van der Waals surface area contributed by atoms with Gasteiger partial charge in [0.15, 0.2) is 0 Å². The van der Waals surface area contributed by atoms with Crippen molar-refractivity contribution in [3.8, 4) is 0 Å². The molecule has 0 spiro atoms. The van der Waals surface area contributed by atoms with Crippen molar-refractivity contribution in [3.63, 3.8) is 0 Å². The van der Waals surface area contributed by atoms with E-state index in [-0.39, 0.29) is 5.41 Å². The number of rotatable bonds is 4. The minimum atomic E-state index is 0.178. The summed E-state index contributed by atoms with van der Waals surface area (Å²) >= 11 is 0. The predicted molar refractivity (Wildman–Crippen MR) is 84.1 cm³/mol. The van der Waals surface area contributed by atoms with Crippen LogP contribution in [0.3, 0.4) is 0 Å². The number of ketones is 1. The van der Waals surface area contributed by atoms with Gasteiger partial charge in [-0.2, -0.15) is 0 Å². The van der Waals surface area contributed by atoms with E-state index in [0.29, 0.717) is 18.1 Å². The number of carbonyl (C=O) groups is 1. The second-order valence-electron chi connectivity index (χ2n) is 7.06. The van der Waals surface area contributed by atoms with Gasteiger partial charge in [-0.1, -0.05) is 45.0 Å². The first-order valence-electron chi connectivity index (χ1n) is 7.77. The van der Waals surface area contributed by atoms with Crippen molar-refractivity contribution in [2.24, 2.45) is 5.92 Å². The van der Waals surface area contributed by atoms with E-state index < -0.39 is 0 Å². The van der Waals surface area contributed by atoms with E-state index in [4.69, 9.17) is 0 Å². The van der Waals surface area contributed by atoms with Gasteiger partial charge in [0.2, 0.25) is 0 Å². The van der Waals surface area contributed by atoms with Gasteiger partial charge in [0.1, 0.15) is 5.78 Å². The summed E-state index contributed by atoms with van der Waals surface area (Å²) in [5.41, 5.74) is 2.65. The molecular formula is C18H27NO. The normalized spacial score (nSPS) is 17.1. The number of Topliss-reactive ketones (excluding diaryl/α,β-unsaturated/α-hetero) is 1. The zero-order chi connectivity index (χ0) is 14.6. The van der Waals surface area contributed by atoms with Gasteiger partial charge in [0.25, 0.3) is 0 Å². The van der Waals surface area contributed by atoms with Crippen LogP contribution in [-0.2, 0) is 16.6 Å². The summed E-state index contributed by atoms with van der Waals surface area (Å²) in [6.07, 6.45) is 3.64. The van der Waals surface area contributed by atoms with E-state index in [1.54, 1.807) is 0 Å². The van der Waals surface area contributed by atoms with Crippen LogP contribution < -0.4 is 5.32 Å². The third-order valence-electron chi connectivity index (χ3n) is 4.20. The Morgan fingerprint density at radius 2 is 1.75 bits per heavy atom. The van der Waals surface area contributed by atoms with E-state index in [1.165, 1.54) is 5.56 Å². The zero-order valence-corrected chi connectivity index (χ0v) is 13.0. The van der Waals surface area contributed by atoms with Crippen molar-refractivity contribution < 1.29 is 4.79 Å². The molecule has 2 heteroatoms. The lowest BCUT2D eigenvalue weighted by atomic mass is 9.86. The highest BCUT2D eigenvalue weighted by molar-refractivity contribution is 5.81. The van der Waals surface area contributed by atoms with E-state index in [0.717, 1.165) is 37.9 Å². The molecule has 110 valence electrons. The number of nitrogens with one attached hydrogen (secondary N) is 1. The molecule has 1 aliphatic rings. The molecule has 0 atom stereocenters. The molecule has 0 unspecified atom stereocenters. The molecule has 1 N–H and O–H groups in total. The third-order valence-corrected chi connectivity index (χ3v) is 4.20. The summed E-state index contributed by atoms with van der Waals surface area (Å²) in [5.74, 6) is 0.984. The summed E-state index contributed by atoms with van der Waals surface area (Å²) in [5, 5.41) is 3.35. The quantitative estimate of drug-likeness (QED) is 0.910. The lowest BCUT2D eigenvalue weighted by Crippen LogP contribution is -2.29. The Labute approximate surface area is 123 Å². The maximum Gasteiger partial charge on any atom is 0.137 e. The Hall–Kier alpha value is -1.15. The Morgan fingerprint density at radius 3 is 2.30 bits per heavy atom. The molecule has 0 bridgehead atoms. The van der Waals surface area contributed by atoms with Gasteiger partial charge >= 0.3 is 0 Å². The number of benzene rings is 1. The van der Waals surface area contributed by atoms with Crippen LogP contribution in [0.4, 0.5) is 0 Å². The minimum absolute atomic E-state index is 0.178. The Kier molecular flexibility index (Phi) is 4.98. The van der Waals surface area contributed by atoms with E-state index in [2.05, 4.69) is 50.4 Å². The van der Waals surface area contributed by atoms with Gasteiger partial charge in [-0.15, -0.1) is 0 Å². The van der Waals surface area contributed by atoms with Crippen molar-refractivity contribution >= 4 is 5.78 Å². The van der Waals surface area contributed by atoms with Gasteiger partial charge in [-0.05, 0) is 48.4 Å². The SMILES string of the molecule is CC(C)(C)c1ccc(CC(=O)CC2CCNCC2)cc1. The fourth-order valence-corrected chi connectivity index (χ4v) is 2.83. The van der Waals surface area contributed by atoms with Crippen molar-refractivity contribution in [1.82, 2.24) is 5.32 Å². The Balaban J connectivity index is 1.87. The Morgan fingerprint density at radius 1 is 1.15 bits per heavy atom. The van der Waals surface area contributed by atoms with Gasteiger partial charge in [0.05, 0.1) is 0 Å². The number of piperidine rings is 1. The average molecular weight is 273 g/mol. The molecule has 1 aliphatic heterocycles. The number of hydrogen-bond acceptors (Lipinski definition) is 2. The number of carbonyl (C=O) groups excluding carboxylic acids is 1. The molecule has 0 radical (unpaired) electrons. The highest BCUT2D eigenvalue weighted by Gasteiger charge is 2.17. The van der Waals surface area contributed by atoms with Gasteiger partial charge in [-0.3, -0.25) is 4.79 Å². The van der Waals surface area contributed by atoms with Crippen LogP contribution in [0.1, 0.15) is 51.2 Å². The van der Waals surface area contributed by atoms with Crippen LogP contribution in [0.2, 0.25) is 0 Å². The molecule has 20 heavy (non-hydrogen) atoms. The second-order valence-corrected chi connectivity index (χ2v) is 7.06. The summed E-state index contributed by atoms with van der Waals surface area (Å²) in [6, 6.07) is 8.54. The molecule has 0 saturated carbocycles. The second kappa shape index (κ2) is 6.53. The van der Waals surface area contributed by atoms with Crippen LogP contribution in [-0.4, -0.2) is 18.9 Å². The summed E-state index contributed by atoms with van der Waals surface area (Å²) in [4.78, 5) is 12.1. The highest BCUT2D eigenvalue weighted by Crippen LogP contribution is 2.23. The Bertz CT molecular complexity index is 435. The van der Waals surface area contributed by atoms with Gasteiger partial charge in [-0.25, -0.2) is 0 Å². The van der Waals surface area contributed by atoms with Crippen LogP contribution in [0.5, 0.6) is 0 Å². The first-order chi connectivity index (χ1) is 9.45. The predicted octanol–water partition coefficient (Wildman–Crippen LogP) is 3.49. The lowest BCUT2D eigenvalue weighted by molar-refractivity contribution is -0.119. The van der Waals surface area contributed by atoms with Gasteiger partial charge in [0, 0.05) is 12.8 Å². The monoisotopic (exact) mass is 273 g/mol. The fourth-order valence-electron chi connectivity index (χ4n) is 2.83. The van der Waals surface area contributed by atoms with E-state index >= 15 is 0 Å². The third kappa shape index (κ3) is 4.45. The molecule has 1 aromatic rings. The molecule has 2 rings (SSSR count). The van der Waals surface area contributed by atoms with Crippen molar-refractivity contribution in [1.29, 1.82) is 0 Å². The average Bonchev–Trinajstić information content (AvgIpc) is 2.39. The van der Waals surface area contributed by atoms with Crippen LogP contribution in [0, 0.1) is 5.92 Å².